The molecule has 0 amide bonds. The van der Waals surface area contributed by atoms with Crippen LogP contribution in [-0.4, -0.2) is 10.2 Å². The number of hydrogen-bond donors (Lipinski definition) is 0. The molecule has 1 saturated carbocycles. The molecule has 0 radical (unpaired) electrons. The van der Waals surface area contributed by atoms with Gasteiger partial charge in [0.1, 0.15) is 0 Å². The van der Waals surface area contributed by atoms with Crippen LogP contribution in [0, 0.1) is 11.3 Å². The van der Waals surface area contributed by atoms with Gasteiger partial charge in [-0.2, -0.15) is 10.2 Å². The highest BCUT2D eigenvalue weighted by atomic mass is 15.1. The molecule has 3 rings (SSSR count). The maximum Gasteiger partial charge on any atom is 0.0668 e. The van der Waals surface area contributed by atoms with Gasteiger partial charge in [0.25, 0.3) is 0 Å². The molecular weight excluding hydrogens is 184 g/mol. The highest BCUT2D eigenvalue weighted by Gasteiger charge is 2.30. The Kier molecular flexibility index (Phi) is 1.88. The summed E-state index contributed by atoms with van der Waals surface area (Å²) >= 11 is 0. The molecule has 15 heavy (non-hydrogen) atoms. The molecule has 0 aromatic carbocycles. The predicted octanol–water partition coefficient (Wildman–Crippen LogP) is 2.55. The number of hydrogen-bond acceptors (Lipinski definition) is 2. The van der Waals surface area contributed by atoms with Crippen LogP contribution < -0.4 is 0 Å². The van der Waals surface area contributed by atoms with Crippen LogP contribution in [0.5, 0.6) is 0 Å². The minimum absolute atomic E-state index is 0.398. The molecule has 80 valence electrons. The van der Waals surface area contributed by atoms with E-state index in [-0.39, 0.29) is 0 Å². The Bertz CT molecular complexity index is 392. The summed E-state index contributed by atoms with van der Waals surface area (Å²) in [6, 6.07) is 2.30. The van der Waals surface area contributed by atoms with Gasteiger partial charge in [-0.15, -0.1) is 0 Å². The topological polar surface area (TPSA) is 25.8 Å². The first-order valence-corrected chi connectivity index (χ1v) is 5.97. The molecule has 2 aliphatic rings. The van der Waals surface area contributed by atoms with Gasteiger partial charge in [-0.25, -0.2) is 0 Å². The van der Waals surface area contributed by atoms with E-state index in [0.29, 0.717) is 5.41 Å². The van der Waals surface area contributed by atoms with E-state index in [1.165, 1.54) is 36.2 Å². The van der Waals surface area contributed by atoms with Crippen LogP contribution in [0.25, 0.3) is 0 Å². The van der Waals surface area contributed by atoms with E-state index in [4.69, 9.17) is 0 Å². The Morgan fingerprint density at radius 1 is 1.27 bits per heavy atom. The van der Waals surface area contributed by atoms with E-state index in [2.05, 4.69) is 30.1 Å². The normalized spacial score (nSPS) is 22.8. The van der Waals surface area contributed by atoms with Gasteiger partial charge in [-0.3, -0.25) is 0 Å². The second-order valence-corrected chi connectivity index (χ2v) is 5.97. The molecule has 2 aliphatic carbocycles. The number of nitrogens with zero attached hydrogens (tertiary/aromatic N) is 2. The summed E-state index contributed by atoms with van der Waals surface area (Å²) in [4.78, 5) is 0. The molecule has 1 aromatic rings. The summed E-state index contributed by atoms with van der Waals surface area (Å²) < 4.78 is 0. The minimum atomic E-state index is 0.398. The number of aromatic nitrogens is 2. The van der Waals surface area contributed by atoms with Crippen molar-refractivity contribution < 1.29 is 0 Å². The largest absolute Gasteiger partial charge is 0.155 e. The fraction of sp³-hybridized carbons (Fsp3) is 0.692. The average Bonchev–Trinajstić information content (AvgIpc) is 2.87. The van der Waals surface area contributed by atoms with E-state index in [1.54, 1.807) is 0 Å². The number of rotatable bonds is 2. The zero-order valence-electron chi connectivity index (χ0n) is 9.58. The Balaban J connectivity index is 1.85. The summed E-state index contributed by atoms with van der Waals surface area (Å²) in [5.74, 6) is 0.909. The minimum Gasteiger partial charge on any atom is -0.155 e. The maximum atomic E-state index is 4.39. The highest BCUT2D eigenvalue weighted by molar-refractivity contribution is 5.29. The molecule has 0 unspecified atom stereocenters. The van der Waals surface area contributed by atoms with Gasteiger partial charge in [0, 0.05) is 0 Å². The van der Waals surface area contributed by atoms with Crippen LogP contribution in [0.4, 0.5) is 0 Å². The molecule has 0 spiro atoms. The van der Waals surface area contributed by atoms with Crippen LogP contribution in [0.15, 0.2) is 6.07 Å². The van der Waals surface area contributed by atoms with Crippen LogP contribution in [0.3, 0.4) is 0 Å². The van der Waals surface area contributed by atoms with Gasteiger partial charge >= 0.3 is 0 Å². The monoisotopic (exact) mass is 202 g/mol. The first-order chi connectivity index (χ1) is 7.12. The Hall–Kier alpha value is -0.920. The van der Waals surface area contributed by atoms with Gasteiger partial charge in [-0.05, 0) is 55.1 Å². The lowest BCUT2D eigenvalue weighted by Crippen LogP contribution is -2.09. The van der Waals surface area contributed by atoms with E-state index in [0.717, 1.165) is 18.8 Å². The smallest absolute Gasteiger partial charge is 0.0668 e. The first kappa shape index (κ1) is 9.32. The standard InChI is InChI=1S/C13H18N2/c1-13(2)7-10-6-11(5-9-3-4-9)14-15-12(10)8-13/h6,9H,3-5,7-8H2,1-2H3. The third kappa shape index (κ3) is 1.90. The van der Waals surface area contributed by atoms with Crippen molar-refractivity contribution in [2.24, 2.45) is 11.3 Å². The second kappa shape index (κ2) is 3.03. The van der Waals surface area contributed by atoms with Gasteiger partial charge < -0.3 is 0 Å². The Morgan fingerprint density at radius 3 is 2.80 bits per heavy atom. The summed E-state index contributed by atoms with van der Waals surface area (Å²) in [6.45, 7) is 4.63. The van der Waals surface area contributed by atoms with Crippen molar-refractivity contribution in [1.29, 1.82) is 0 Å². The third-order valence-corrected chi connectivity index (χ3v) is 3.52. The molecule has 1 heterocycles. The van der Waals surface area contributed by atoms with Crippen molar-refractivity contribution in [2.75, 3.05) is 0 Å². The van der Waals surface area contributed by atoms with Crippen LogP contribution >= 0.6 is 0 Å². The van der Waals surface area contributed by atoms with Crippen molar-refractivity contribution in [2.45, 2.75) is 46.0 Å². The molecule has 1 aromatic heterocycles. The predicted molar refractivity (Wildman–Crippen MR) is 59.6 cm³/mol. The zero-order chi connectivity index (χ0) is 10.5. The first-order valence-electron chi connectivity index (χ1n) is 5.97. The summed E-state index contributed by atoms with van der Waals surface area (Å²) in [7, 11) is 0. The molecule has 0 atom stereocenters. The third-order valence-electron chi connectivity index (χ3n) is 3.52. The van der Waals surface area contributed by atoms with Crippen LogP contribution in [-0.2, 0) is 19.3 Å². The Labute approximate surface area is 91.1 Å². The average molecular weight is 202 g/mol. The molecule has 1 fully saturated rings. The lowest BCUT2D eigenvalue weighted by Gasteiger charge is -2.14. The molecule has 0 bridgehead atoms. The van der Waals surface area contributed by atoms with Crippen LogP contribution in [0.1, 0.15) is 43.6 Å². The quantitative estimate of drug-likeness (QED) is 0.736. The Morgan fingerprint density at radius 2 is 2.07 bits per heavy atom. The van der Waals surface area contributed by atoms with Gasteiger partial charge in [-0.1, -0.05) is 13.8 Å². The van der Waals surface area contributed by atoms with Gasteiger partial charge in [0.05, 0.1) is 11.4 Å². The summed E-state index contributed by atoms with van der Waals surface area (Å²) in [5.41, 5.74) is 4.30. The maximum absolute atomic E-state index is 4.39. The van der Waals surface area contributed by atoms with Crippen molar-refractivity contribution in [3.8, 4) is 0 Å². The summed E-state index contributed by atoms with van der Waals surface area (Å²) in [6.07, 6.45) is 6.21. The van der Waals surface area contributed by atoms with Crippen molar-refractivity contribution in [1.82, 2.24) is 10.2 Å². The van der Waals surface area contributed by atoms with E-state index in [9.17, 15) is 0 Å². The van der Waals surface area contributed by atoms with E-state index >= 15 is 0 Å². The summed E-state index contributed by atoms with van der Waals surface area (Å²) in [5, 5.41) is 8.73. The molecule has 2 nitrogen and oxygen atoms in total. The number of fused-ring (bicyclic) bond motifs is 1. The van der Waals surface area contributed by atoms with Crippen molar-refractivity contribution >= 4 is 0 Å². The zero-order valence-corrected chi connectivity index (χ0v) is 9.58. The molecule has 0 N–H and O–H groups in total. The highest BCUT2D eigenvalue weighted by Crippen LogP contribution is 2.36. The van der Waals surface area contributed by atoms with E-state index < -0.39 is 0 Å². The fourth-order valence-electron chi connectivity index (χ4n) is 2.55. The lowest BCUT2D eigenvalue weighted by molar-refractivity contribution is 0.390. The molecule has 2 heteroatoms. The lowest BCUT2D eigenvalue weighted by atomic mass is 9.90. The SMILES string of the molecule is CC1(C)Cc2cc(CC3CC3)nnc2C1. The second-order valence-electron chi connectivity index (χ2n) is 5.97. The van der Waals surface area contributed by atoms with Crippen molar-refractivity contribution in [3.05, 3.63) is 23.0 Å². The van der Waals surface area contributed by atoms with Crippen molar-refractivity contribution in [3.63, 3.8) is 0 Å². The molecule has 0 aliphatic heterocycles. The van der Waals surface area contributed by atoms with Gasteiger partial charge in [0.2, 0.25) is 0 Å². The molecular formula is C13H18N2. The van der Waals surface area contributed by atoms with Gasteiger partial charge in [0.15, 0.2) is 0 Å². The fourth-order valence-corrected chi connectivity index (χ4v) is 2.55. The molecule has 0 saturated heterocycles. The van der Waals surface area contributed by atoms with Crippen LogP contribution in [0.2, 0.25) is 0 Å². The van der Waals surface area contributed by atoms with E-state index in [1.807, 2.05) is 0 Å².